The molecule has 0 bridgehead atoms. The van der Waals surface area contributed by atoms with Gasteiger partial charge in [-0.2, -0.15) is 5.10 Å². The predicted octanol–water partition coefficient (Wildman–Crippen LogP) is 2.09. The highest BCUT2D eigenvalue weighted by Crippen LogP contribution is 2.18. The maximum Gasteiger partial charge on any atom is 0.265 e. The zero-order valence-electron chi connectivity index (χ0n) is 12.9. The molecule has 0 aliphatic heterocycles. The van der Waals surface area contributed by atoms with Crippen LogP contribution in [0.5, 0.6) is 0 Å². The summed E-state index contributed by atoms with van der Waals surface area (Å²) in [6, 6.07) is 5.84. The number of carbonyl (C=O) groups excluding carboxylic acids is 1. The minimum atomic E-state index is -0.0328. The smallest absolute Gasteiger partial charge is 0.265 e. The van der Waals surface area contributed by atoms with E-state index in [1.54, 1.807) is 16.0 Å². The van der Waals surface area contributed by atoms with E-state index in [2.05, 4.69) is 20.6 Å². The number of hydrogen-bond donors (Lipinski definition) is 1. The minimum Gasteiger partial charge on any atom is -0.419 e. The second kappa shape index (κ2) is 6.74. The lowest BCUT2D eigenvalue weighted by molar-refractivity contribution is -0.121. The minimum absolute atomic E-state index is 0.0328. The Morgan fingerprint density at radius 1 is 1.43 bits per heavy atom. The SMILES string of the molecule is Cc1cc(-c2nnc(CCC(=O)NCc3cccs3)o2)n(C)n1. The van der Waals surface area contributed by atoms with Gasteiger partial charge in [-0.1, -0.05) is 6.07 Å². The molecule has 0 radical (unpaired) electrons. The summed E-state index contributed by atoms with van der Waals surface area (Å²) in [5.74, 6) is 0.835. The summed E-state index contributed by atoms with van der Waals surface area (Å²) >= 11 is 1.62. The first-order valence-electron chi connectivity index (χ1n) is 7.24. The molecule has 7 nitrogen and oxygen atoms in total. The zero-order valence-corrected chi connectivity index (χ0v) is 13.8. The van der Waals surface area contributed by atoms with Crippen LogP contribution in [0.2, 0.25) is 0 Å². The Morgan fingerprint density at radius 2 is 2.30 bits per heavy atom. The van der Waals surface area contributed by atoms with E-state index in [4.69, 9.17) is 4.42 Å². The monoisotopic (exact) mass is 331 g/mol. The van der Waals surface area contributed by atoms with Gasteiger partial charge in [0.15, 0.2) is 0 Å². The van der Waals surface area contributed by atoms with Gasteiger partial charge < -0.3 is 9.73 Å². The molecule has 0 saturated heterocycles. The van der Waals surface area contributed by atoms with E-state index in [0.29, 0.717) is 31.2 Å². The number of nitrogens with zero attached hydrogens (tertiary/aromatic N) is 4. The largest absolute Gasteiger partial charge is 0.419 e. The average Bonchev–Trinajstić information content (AvgIpc) is 3.24. The second-order valence-corrected chi connectivity index (χ2v) is 6.18. The Balaban J connectivity index is 1.53. The van der Waals surface area contributed by atoms with E-state index < -0.39 is 0 Å². The van der Waals surface area contributed by atoms with Gasteiger partial charge in [-0.25, -0.2) is 0 Å². The number of carbonyl (C=O) groups is 1. The van der Waals surface area contributed by atoms with Crippen molar-refractivity contribution in [3.8, 4) is 11.6 Å². The van der Waals surface area contributed by atoms with Gasteiger partial charge in [0.2, 0.25) is 11.8 Å². The van der Waals surface area contributed by atoms with Gasteiger partial charge in [0, 0.05) is 24.8 Å². The van der Waals surface area contributed by atoms with Crippen LogP contribution in [0, 0.1) is 6.92 Å². The van der Waals surface area contributed by atoms with Gasteiger partial charge in [0.25, 0.3) is 5.89 Å². The van der Waals surface area contributed by atoms with Crippen molar-refractivity contribution >= 4 is 17.2 Å². The van der Waals surface area contributed by atoms with Gasteiger partial charge in [-0.3, -0.25) is 9.48 Å². The van der Waals surface area contributed by atoms with E-state index in [0.717, 1.165) is 16.3 Å². The highest BCUT2D eigenvalue weighted by atomic mass is 32.1. The van der Waals surface area contributed by atoms with Crippen LogP contribution in [0.25, 0.3) is 11.6 Å². The lowest BCUT2D eigenvalue weighted by Crippen LogP contribution is -2.22. The third-order valence-corrected chi connectivity index (χ3v) is 4.17. The molecule has 3 heterocycles. The number of amides is 1. The maximum absolute atomic E-state index is 11.8. The third-order valence-electron chi connectivity index (χ3n) is 3.29. The van der Waals surface area contributed by atoms with Crippen molar-refractivity contribution in [2.75, 3.05) is 0 Å². The zero-order chi connectivity index (χ0) is 16.2. The van der Waals surface area contributed by atoms with Crippen molar-refractivity contribution in [1.82, 2.24) is 25.3 Å². The van der Waals surface area contributed by atoms with Crippen LogP contribution in [0.15, 0.2) is 28.0 Å². The van der Waals surface area contributed by atoms with Crippen LogP contribution in [0.4, 0.5) is 0 Å². The fraction of sp³-hybridized carbons (Fsp3) is 0.333. The first-order chi connectivity index (χ1) is 11.1. The Morgan fingerprint density at radius 3 is 3.00 bits per heavy atom. The van der Waals surface area contributed by atoms with E-state index in [1.165, 1.54) is 0 Å². The van der Waals surface area contributed by atoms with Crippen molar-refractivity contribution in [3.63, 3.8) is 0 Å². The highest BCUT2D eigenvalue weighted by molar-refractivity contribution is 7.09. The van der Waals surface area contributed by atoms with Gasteiger partial charge in [0.05, 0.1) is 12.2 Å². The third kappa shape index (κ3) is 3.84. The number of nitrogens with one attached hydrogen (secondary N) is 1. The lowest BCUT2D eigenvalue weighted by atomic mass is 10.3. The molecule has 1 N–H and O–H groups in total. The molecule has 3 aromatic rings. The van der Waals surface area contributed by atoms with Gasteiger partial charge in [0.1, 0.15) is 5.69 Å². The molecule has 1 amide bonds. The quantitative estimate of drug-likeness (QED) is 0.747. The molecule has 0 aliphatic carbocycles. The molecule has 0 aromatic carbocycles. The summed E-state index contributed by atoms with van der Waals surface area (Å²) in [5, 5.41) is 17.1. The summed E-state index contributed by atoms with van der Waals surface area (Å²) in [5.41, 5.74) is 1.65. The summed E-state index contributed by atoms with van der Waals surface area (Å²) in [7, 11) is 1.82. The van der Waals surface area contributed by atoms with Crippen LogP contribution in [0.1, 0.15) is 22.9 Å². The molecule has 23 heavy (non-hydrogen) atoms. The molecule has 0 atom stereocenters. The van der Waals surface area contributed by atoms with E-state index in [1.807, 2.05) is 37.6 Å². The number of aryl methyl sites for hydroxylation is 3. The Hall–Kier alpha value is -2.48. The van der Waals surface area contributed by atoms with Crippen LogP contribution < -0.4 is 5.32 Å². The summed E-state index contributed by atoms with van der Waals surface area (Å²) < 4.78 is 7.30. The number of rotatable bonds is 6. The molecule has 0 saturated carbocycles. The molecule has 8 heteroatoms. The van der Waals surface area contributed by atoms with Gasteiger partial charge in [-0.05, 0) is 24.4 Å². The topological polar surface area (TPSA) is 85.8 Å². The van der Waals surface area contributed by atoms with Crippen molar-refractivity contribution in [2.45, 2.75) is 26.3 Å². The summed E-state index contributed by atoms with van der Waals surface area (Å²) in [4.78, 5) is 13.0. The Bertz CT molecular complexity index is 791. The Kier molecular flexibility index (Phi) is 4.52. The predicted molar refractivity (Wildman–Crippen MR) is 85.7 cm³/mol. The average molecular weight is 331 g/mol. The van der Waals surface area contributed by atoms with Crippen LogP contribution in [0.3, 0.4) is 0 Å². The van der Waals surface area contributed by atoms with Crippen LogP contribution in [-0.2, 0) is 24.8 Å². The fourth-order valence-electron chi connectivity index (χ4n) is 2.18. The molecule has 120 valence electrons. The molecule has 3 rings (SSSR count). The summed E-state index contributed by atoms with van der Waals surface area (Å²) in [6.07, 6.45) is 0.734. The molecule has 0 unspecified atom stereocenters. The maximum atomic E-state index is 11.8. The molecule has 3 aromatic heterocycles. The molecule has 0 spiro atoms. The highest BCUT2D eigenvalue weighted by Gasteiger charge is 2.14. The van der Waals surface area contributed by atoms with Crippen LogP contribution >= 0.6 is 11.3 Å². The second-order valence-electron chi connectivity index (χ2n) is 5.15. The first-order valence-corrected chi connectivity index (χ1v) is 8.12. The lowest BCUT2D eigenvalue weighted by Gasteiger charge is -2.01. The van der Waals surface area contributed by atoms with Gasteiger partial charge >= 0.3 is 0 Å². The standard InChI is InChI=1S/C15H17N5O2S/c1-10-8-12(20(2)19-10)15-18-17-14(22-15)6-5-13(21)16-9-11-4-3-7-23-11/h3-4,7-8H,5-6,9H2,1-2H3,(H,16,21). The van der Waals surface area contributed by atoms with Crippen molar-refractivity contribution in [1.29, 1.82) is 0 Å². The Labute approximate surface area is 137 Å². The van der Waals surface area contributed by atoms with Crippen molar-refractivity contribution < 1.29 is 9.21 Å². The number of hydrogen-bond acceptors (Lipinski definition) is 6. The van der Waals surface area contributed by atoms with E-state index >= 15 is 0 Å². The molecular formula is C15H17N5O2S. The van der Waals surface area contributed by atoms with Crippen molar-refractivity contribution in [2.24, 2.45) is 7.05 Å². The number of thiophene rings is 1. The van der Waals surface area contributed by atoms with Crippen molar-refractivity contribution in [3.05, 3.63) is 40.0 Å². The number of aromatic nitrogens is 4. The van der Waals surface area contributed by atoms with Gasteiger partial charge in [-0.15, -0.1) is 21.5 Å². The normalized spacial score (nSPS) is 10.9. The van der Waals surface area contributed by atoms with E-state index in [9.17, 15) is 4.79 Å². The van der Waals surface area contributed by atoms with Crippen LogP contribution in [-0.4, -0.2) is 25.9 Å². The molecular weight excluding hydrogens is 314 g/mol. The first kappa shape index (κ1) is 15.4. The molecule has 0 aliphatic rings. The van der Waals surface area contributed by atoms with E-state index in [-0.39, 0.29) is 5.91 Å². The molecule has 0 fully saturated rings. The summed E-state index contributed by atoms with van der Waals surface area (Å²) in [6.45, 7) is 2.46. The fourth-order valence-corrected chi connectivity index (χ4v) is 2.82.